The van der Waals surface area contributed by atoms with E-state index in [-0.39, 0.29) is 12.4 Å². The molecule has 0 aliphatic carbocycles. The fourth-order valence-corrected chi connectivity index (χ4v) is 1.43. The van der Waals surface area contributed by atoms with Gasteiger partial charge in [0.05, 0.1) is 0 Å². The quantitative estimate of drug-likeness (QED) is 0.698. The Bertz CT molecular complexity index is 147. The molecule has 1 fully saturated rings. The van der Waals surface area contributed by atoms with Crippen molar-refractivity contribution in [3.63, 3.8) is 0 Å². The minimum atomic E-state index is -4.46. The van der Waals surface area contributed by atoms with Crippen molar-refractivity contribution in [3.05, 3.63) is 0 Å². The van der Waals surface area contributed by atoms with Crippen LogP contribution in [0.25, 0.3) is 0 Å². The molecule has 0 bridgehead atoms. The number of hydrogen-bond acceptors (Lipinski definition) is 2. The Labute approximate surface area is 80.9 Å². The second-order valence-corrected chi connectivity index (χ2v) is 3.07. The average Bonchev–Trinajstić information content (AvgIpc) is 2.03. The van der Waals surface area contributed by atoms with Crippen LogP contribution in [0.4, 0.5) is 13.2 Å². The molecule has 2 nitrogen and oxygen atoms in total. The number of piperidine rings is 1. The minimum absolute atomic E-state index is 0. The zero-order valence-electron chi connectivity index (χ0n) is 6.97. The molecule has 0 radical (unpaired) electrons. The van der Waals surface area contributed by atoms with Gasteiger partial charge in [0.25, 0.3) is 0 Å². The summed E-state index contributed by atoms with van der Waals surface area (Å²) in [6.45, 7) is 1.13. The number of aliphatic hydroxyl groups is 1. The van der Waals surface area contributed by atoms with Gasteiger partial charge in [0, 0.05) is 0 Å². The molecule has 1 unspecified atom stereocenters. The van der Waals surface area contributed by atoms with Crippen LogP contribution in [0.1, 0.15) is 12.8 Å². The predicted molar refractivity (Wildman–Crippen MR) is 44.9 cm³/mol. The Morgan fingerprint density at radius 1 is 1.23 bits per heavy atom. The van der Waals surface area contributed by atoms with E-state index < -0.39 is 18.2 Å². The fourth-order valence-electron chi connectivity index (χ4n) is 1.43. The maximum absolute atomic E-state index is 12.0. The molecular formula is C7H13ClF3NO. The molecule has 0 spiro atoms. The average molecular weight is 220 g/mol. The highest BCUT2D eigenvalue weighted by atomic mass is 35.5. The van der Waals surface area contributed by atoms with Gasteiger partial charge >= 0.3 is 6.18 Å². The summed E-state index contributed by atoms with van der Waals surface area (Å²) < 4.78 is 35.9. The van der Waals surface area contributed by atoms with E-state index in [9.17, 15) is 13.2 Å². The van der Waals surface area contributed by atoms with E-state index in [0.717, 1.165) is 0 Å². The number of rotatable bonds is 1. The van der Waals surface area contributed by atoms with E-state index in [0.29, 0.717) is 25.9 Å². The SMILES string of the molecule is Cl.OC(C1CCNCC1)C(F)(F)F. The van der Waals surface area contributed by atoms with Crippen molar-refractivity contribution in [2.75, 3.05) is 13.1 Å². The maximum Gasteiger partial charge on any atom is 0.414 e. The Morgan fingerprint density at radius 3 is 2.08 bits per heavy atom. The molecule has 6 heteroatoms. The van der Waals surface area contributed by atoms with Crippen molar-refractivity contribution in [1.29, 1.82) is 0 Å². The first-order valence-corrected chi connectivity index (χ1v) is 3.97. The summed E-state index contributed by atoms with van der Waals surface area (Å²) in [5.74, 6) is -0.619. The Morgan fingerprint density at radius 2 is 1.69 bits per heavy atom. The Kier molecular flexibility index (Phi) is 5.02. The molecule has 13 heavy (non-hydrogen) atoms. The van der Waals surface area contributed by atoms with Crippen LogP contribution in [0.15, 0.2) is 0 Å². The molecule has 1 aliphatic heterocycles. The molecular weight excluding hydrogens is 207 g/mol. The highest BCUT2D eigenvalue weighted by Crippen LogP contribution is 2.29. The van der Waals surface area contributed by atoms with Crippen LogP contribution in [-0.2, 0) is 0 Å². The van der Waals surface area contributed by atoms with Crippen LogP contribution in [0.3, 0.4) is 0 Å². The molecule has 1 heterocycles. The van der Waals surface area contributed by atoms with E-state index in [1.54, 1.807) is 0 Å². The summed E-state index contributed by atoms with van der Waals surface area (Å²) in [4.78, 5) is 0. The summed E-state index contributed by atoms with van der Waals surface area (Å²) >= 11 is 0. The maximum atomic E-state index is 12.0. The lowest BCUT2D eigenvalue weighted by Gasteiger charge is -2.28. The van der Waals surface area contributed by atoms with Crippen LogP contribution >= 0.6 is 12.4 Å². The smallest absolute Gasteiger partial charge is 0.383 e. The lowest BCUT2D eigenvalue weighted by molar-refractivity contribution is -0.221. The van der Waals surface area contributed by atoms with Crippen molar-refractivity contribution in [1.82, 2.24) is 5.32 Å². The first-order chi connectivity index (χ1) is 5.52. The van der Waals surface area contributed by atoms with Gasteiger partial charge in [-0.05, 0) is 31.8 Å². The molecule has 0 aromatic carbocycles. The van der Waals surface area contributed by atoms with E-state index >= 15 is 0 Å². The van der Waals surface area contributed by atoms with Crippen LogP contribution in [0.2, 0.25) is 0 Å². The zero-order chi connectivity index (χ0) is 9.19. The van der Waals surface area contributed by atoms with Crippen LogP contribution in [-0.4, -0.2) is 30.5 Å². The summed E-state index contributed by atoms with van der Waals surface area (Å²) in [7, 11) is 0. The normalized spacial score (nSPS) is 22.2. The standard InChI is InChI=1S/C7H12F3NO.ClH/c8-7(9,10)6(12)5-1-3-11-4-2-5;/h5-6,11-12H,1-4H2;1H. The summed E-state index contributed by atoms with van der Waals surface area (Å²) in [5.41, 5.74) is 0. The largest absolute Gasteiger partial charge is 0.414 e. The molecule has 0 amide bonds. The topological polar surface area (TPSA) is 32.3 Å². The number of aliphatic hydroxyl groups excluding tert-OH is 1. The molecule has 0 saturated carbocycles. The van der Waals surface area contributed by atoms with Crippen molar-refractivity contribution in [3.8, 4) is 0 Å². The van der Waals surface area contributed by atoms with Gasteiger partial charge in [0.15, 0.2) is 6.10 Å². The van der Waals surface area contributed by atoms with Crippen molar-refractivity contribution < 1.29 is 18.3 Å². The highest BCUT2D eigenvalue weighted by Gasteiger charge is 2.43. The molecule has 1 rings (SSSR count). The summed E-state index contributed by atoms with van der Waals surface area (Å²) in [6.07, 6.45) is -5.79. The van der Waals surface area contributed by atoms with Crippen molar-refractivity contribution >= 4 is 12.4 Å². The lowest BCUT2D eigenvalue weighted by atomic mass is 9.92. The number of alkyl halides is 3. The van der Waals surface area contributed by atoms with Gasteiger partial charge in [0.2, 0.25) is 0 Å². The van der Waals surface area contributed by atoms with Crippen LogP contribution in [0.5, 0.6) is 0 Å². The van der Waals surface area contributed by atoms with E-state index in [2.05, 4.69) is 5.32 Å². The second-order valence-electron chi connectivity index (χ2n) is 3.07. The van der Waals surface area contributed by atoms with E-state index in [4.69, 9.17) is 5.11 Å². The first-order valence-electron chi connectivity index (χ1n) is 3.97. The predicted octanol–water partition coefficient (Wildman–Crippen LogP) is 1.33. The Balaban J connectivity index is 0.00000144. The minimum Gasteiger partial charge on any atom is -0.383 e. The van der Waals surface area contributed by atoms with Gasteiger partial charge in [-0.2, -0.15) is 13.2 Å². The van der Waals surface area contributed by atoms with Gasteiger partial charge < -0.3 is 10.4 Å². The molecule has 0 aromatic heterocycles. The number of halogens is 4. The number of nitrogens with one attached hydrogen (secondary N) is 1. The summed E-state index contributed by atoms with van der Waals surface area (Å²) in [5, 5.41) is 11.8. The molecule has 1 atom stereocenters. The molecule has 1 aliphatic rings. The summed E-state index contributed by atoms with van der Waals surface area (Å²) in [6, 6.07) is 0. The Hall–Kier alpha value is -0.0000000000000000555. The third-order valence-electron chi connectivity index (χ3n) is 2.17. The van der Waals surface area contributed by atoms with Gasteiger partial charge in [-0.1, -0.05) is 0 Å². The van der Waals surface area contributed by atoms with E-state index in [1.165, 1.54) is 0 Å². The monoisotopic (exact) mass is 219 g/mol. The third kappa shape index (κ3) is 3.70. The van der Waals surface area contributed by atoms with E-state index in [1.807, 2.05) is 0 Å². The van der Waals surface area contributed by atoms with Crippen molar-refractivity contribution in [2.24, 2.45) is 5.92 Å². The fraction of sp³-hybridized carbons (Fsp3) is 1.00. The van der Waals surface area contributed by atoms with Gasteiger partial charge in [0.1, 0.15) is 0 Å². The van der Waals surface area contributed by atoms with Crippen LogP contribution in [0, 0.1) is 5.92 Å². The molecule has 80 valence electrons. The molecule has 1 saturated heterocycles. The second kappa shape index (κ2) is 5.02. The first kappa shape index (κ1) is 13.0. The third-order valence-corrected chi connectivity index (χ3v) is 2.17. The molecule has 2 N–H and O–H groups in total. The lowest BCUT2D eigenvalue weighted by Crippen LogP contribution is -2.41. The highest BCUT2D eigenvalue weighted by molar-refractivity contribution is 5.85. The van der Waals surface area contributed by atoms with Gasteiger partial charge in [-0.3, -0.25) is 0 Å². The van der Waals surface area contributed by atoms with Crippen LogP contribution < -0.4 is 5.32 Å². The number of hydrogen-bond donors (Lipinski definition) is 2. The zero-order valence-corrected chi connectivity index (χ0v) is 7.79. The molecule has 0 aromatic rings. The van der Waals surface area contributed by atoms with Crippen molar-refractivity contribution in [2.45, 2.75) is 25.1 Å². The van der Waals surface area contributed by atoms with Gasteiger partial charge in [-0.25, -0.2) is 0 Å². The van der Waals surface area contributed by atoms with Gasteiger partial charge in [-0.15, -0.1) is 12.4 Å².